The molecule has 3 aromatic heterocycles. The molecule has 7 heteroatoms. The zero-order valence-corrected chi connectivity index (χ0v) is 15.9. The van der Waals surface area contributed by atoms with Gasteiger partial charge in [0.25, 0.3) is 0 Å². The largest absolute Gasteiger partial charge is 0.338 e. The quantitative estimate of drug-likeness (QED) is 0.416. The van der Waals surface area contributed by atoms with Crippen LogP contribution in [0.3, 0.4) is 0 Å². The molecule has 0 radical (unpaired) electrons. The van der Waals surface area contributed by atoms with Gasteiger partial charge in [-0.2, -0.15) is 5.10 Å². The number of fused-ring (bicyclic) bond motifs is 1. The zero-order valence-electron chi connectivity index (χ0n) is 15.9. The van der Waals surface area contributed by atoms with Crippen LogP contribution in [0.25, 0.3) is 22.2 Å². The van der Waals surface area contributed by atoms with Crippen molar-refractivity contribution in [2.75, 3.05) is 11.9 Å². The van der Waals surface area contributed by atoms with E-state index in [0.717, 1.165) is 35.9 Å². The Balaban J connectivity index is 1.29. The van der Waals surface area contributed by atoms with E-state index in [9.17, 15) is 4.79 Å². The van der Waals surface area contributed by atoms with Crippen LogP contribution in [0.4, 0.5) is 10.6 Å². The number of carbonyl (C=O) groups excluding carboxylic acids is 1. The van der Waals surface area contributed by atoms with Crippen LogP contribution in [-0.2, 0) is 6.42 Å². The maximum Gasteiger partial charge on any atom is 0.320 e. The highest BCUT2D eigenvalue weighted by Crippen LogP contribution is 2.21. The fraction of sp³-hybridized carbons (Fsp3) is 0.182. The van der Waals surface area contributed by atoms with Gasteiger partial charge in [0.1, 0.15) is 5.82 Å². The van der Waals surface area contributed by atoms with Gasteiger partial charge in [-0.15, -0.1) is 0 Å². The first-order valence-electron chi connectivity index (χ1n) is 9.63. The molecule has 0 saturated heterocycles. The Kier molecular flexibility index (Phi) is 5.76. The molecule has 0 aliphatic carbocycles. The smallest absolute Gasteiger partial charge is 0.320 e. The molecule has 2 amide bonds. The molecule has 0 aliphatic rings. The van der Waals surface area contributed by atoms with Crippen LogP contribution < -0.4 is 10.6 Å². The first kappa shape index (κ1) is 18.6. The lowest BCUT2D eigenvalue weighted by atomic mass is 10.1. The third-order valence-electron chi connectivity index (χ3n) is 4.63. The SMILES string of the molecule is O=C(NCCCCc1ccccc1)Nc1ccc2ncc(-c3cn[nH]c3)cc2n1. The monoisotopic (exact) mass is 386 g/mol. The van der Waals surface area contributed by atoms with Gasteiger partial charge in [-0.05, 0) is 43.0 Å². The number of H-pyrrole nitrogens is 1. The number of aromatic nitrogens is 4. The van der Waals surface area contributed by atoms with Gasteiger partial charge in [-0.25, -0.2) is 9.78 Å². The predicted octanol–water partition coefficient (Wildman–Crippen LogP) is 4.16. The van der Waals surface area contributed by atoms with Crippen LogP contribution in [0, 0.1) is 0 Å². The third-order valence-corrected chi connectivity index (χ3v) is 4.63. The average molecular weight is 386 g/mol. The van der Waals surface area contributed by atoms with Gasteiger partial charge in [-0.1, -0.05) is 30.3 Å². The molecular weight excluding hydrogens is 364 g/mol. The van der Waals surface area contributed by atoms with Gasteiger partial charge >= 0.3 is 6.03 Å². The molecular formula is C22H22N6O. The molecule has 3 N–H and O–H groups in total. The normalized spacial score (nSPS) is 10.8. The van der Waals surface area contributed by atoms with Crippen molar-refractivity contribution in [2.45, 2.75) is 19.3 Å². The van der Waals surface area contributed by atoms with Crippen molar-refractivity contribution in [2.24, 2.45) is 0 Å². The summed E-state index contributed by atoms with van der Waals surface area (Å²) in [5.74, 6) is 0.491. The number of rotatable bonds is 7. The van der Waals surface area contributed by atoms with Crippen molar-refractivity contribution < 1.29 is 4.79 Å². The Morgan fingerprint density at radius 2 is 1.86 bits per heavy atom. The van der Waals surface area contributed by atoms with E-state index in [1.807, 2.05) is 30.3 Å². The van der Waals surface area contributed by atoms with Crippen molar-refractivity contribution in [3.8, 4) is 11.1 Å². The number of pyridine rings is 2. The second kappa shape index (κ2) is 8.97. The van der Waals surface area contributed by atoms with Crippen molar-refractivity contribution in [1.82, 2.24) is 25.5 Å². The summed E-state index contributed by atoms with van der Waals surface area (Å²) in [5.41, 5.74) is 4.65. The van der Waals surface area contributed by atoms with Crippen LogP contribution in [0.5, 0.6) is 0 Å². The number of benzene rings is 1. The number of unbranched alkanes of at least 4 members (excludes halogenated alkanes) is 1. The van der Waals surface area contributed by atoms with Crippen molar-refractivity contribution in [1.29, 1.82) is 0 Å². The first-order chi connectivity index (χ1) is 14.3. The molecule has 0 unspecified atom stereocenters. The maximum atomic E-state index is 12.1. The molecule has 0 spiro atoms. The number of nitrogens with zero attached hydrogens (tertiary/aromatic N) is 3. The first-order valence-corrected chi connectivity index (χ1v) is 9.63. The van der Waals surface area contributed by atoms with Crippen LogP contribution in [0.2, 0.25) is 0 Å². The van der Waals surface area contributed by atoms with E-state index in [1.54, 1.807) is 24.7 Å². The minimum absolute atomic E-state index is 0.254. The molecule has 146 valence electrons. The van der Waals surface area contributed by atoms with E-state index >= 15 is 0 Å². The summed E-state index contributed by atoms with van der Waals surface area (Å²) in [6.07, 6.45) is 8.28. The number of amides is 2. The number of aryl methyl sites for hydroxylation is 1. The van der Waals surface area contributed by atoms with Crippen molar-refractivity contribution in [3.05, 3.63) is 72.7 Å². The molecule has 4 aromatic rings. The molecule has 0 fully saturated rings. The van der Waals surface area contributed by atoms with Crippen LogP contribution in [-0.4, -0.2) is 32.7 Å². The molecule has 3 heterocycles. The third kappa shape index (κ3) is 4.95. The lowest BCUT2D eigenvalue weighted by Crippen LogP contribution is -2.29. The molecule has 0 aliphatic heterocycles. The summed E-state index contributed by atoms with van der Waals surface area (Å²) in [6, 6.07) is 15.6. The summed E-state index contributed by atoms with van der Waals surface area (Å²) in [6.45, 7) is 0.623. The molecule has 4 rings (SSSR count). The number of anilines is 1. The van der Waals surface area contributed by atoms with E-state index in [2.05, 4.69) is 42.9 Å². The molecule has 0 bridgehead atoms. The summed E-state index contributed by atoms with van der Waals surface area (Å²) >= 11 is 0. The fourth-order valence-electron chi connectivity index (χ4n) is 3.10. The fourth-order valence-corrected chi connectivity index (χ4v) is 3.10. The molecule has 7 nitrogen and oxygen atoms in total. The topological polar surface area (TPSA) is 95.6 Å². The lowest BCUT2D eigenvalue weighted by Gasteiger charge is -2.08. The average Bonchev–Trinajstić information content (AvgIpc) is 3.29. The standard InChI is InChI=1S/C22H22N6O/c29-22(23-11-5-4-8-16-6-2-1-3-7-16)28-21-10-9-19-20(27-21)12-17(13-24-19)18-14-25-26-15-18/h1-3,6-7,9-10,12-15H,4-5,8,11H2,(H,25,26)(H2,23,27,28,29). The Morgan fingerprint density at radius 1 is 0.966 bits per heavy atom. The summed E-state index contributed by atoms with van der Waals surface area (Å²) < 4.78 is 0. The molecule has 0 saturated carbocycles. The molecule has 29 heavy (non-hydrogen) atoms. The van der Waals surface area contributed by atoms with E-state index < -0.39 is 0 Å². The molecule has 1 aromatic carbocycles. The Hall–Kier alpha value is -3.74. The highest BCUT2D eigenvalue weighted by molar-refractivity contribution is 5.90. The number of hydrogen-bond donors (Lipinski definition) is 3. The van der Waals surface area contributed by atoms with Gasteiger partial charge in [0.2, 0.25) is 0 Å². The van der Waals surface area contributed by atoms with Gasteiger partial charge < -0.3 is 5.32 Å². The second-order valence-corrected chi connectivity index (χ2v) is 6.77. The Bertz CT molecular complexity index is 1080. The number of aromatic amines is 1. The van der Waals surface area contributed by atoms with E-state index in [-0.39, 0.29) is 6.03 Å². The summed E-state index contributed by atoms with van der Waals surface area (Å²) in [7, 11) is 0. The number of carbonyl (C=O) groups is 1. The lowest BCUT2D eigenvalue weighted by molar-refractivity contribution is 0.252. The highest BCUT2D eigenvalue weighted by atomic mass is 16.2. The van der Waals surface area contributed by atoms with Gasteiger partial charge in [-0.3, -0.25) is 15.4 Å². The summed E-state index contributed by atoms with van der Waals surface area (Å²) in [5, 5.41) is 12.4. The van der Waals surface area contributed by atoms with Crippen molar-refractivity contribution in [3.63, 3.8) is 0 Å². The predicted molar refractivity (Wildman–Crippen MR) is 114 cm³/mol. The van der Waals surface area contributed by atoms with Crippen LogP contribution in [0.15, 0.2) is 67.1 Å². The van der Waals surface area contributed by atoms with Gasteiger partial charge in [0.15, 0.2) is 0 Å². The van der Waals surface area contributed by atoms with E-state index in [0.29, 0.717) is 17.9 Å². The number of hydrogen-bond acceptors (Lipinski definition) is 4. The van der Waals surface area contributed by atoms with Gasteiger partial charge in [0, 0.05) is 30.1 Å². The Morgan fingerprint density at radius 3 is 2.69 bits per heavy atom. The highest BCUT2D eigenvalue weighted by Gasteiger charge is 2.06. The minimum Gasteiger partial charge on any atom is -0.338 e. The number of nitrogens with one attached hydrogen (secondary N) is 3. The number of urea groups is 1. The molecule has 0 atom stereocenters. The Labute approximate surface area is 168 Å². The van der Waals surface area contributed by atoms with Crippen molar-refractivity contribution >= 4 is 22.9 Å². The minimum atomic E-state index is -0.254. The second-order valence-electron chi connectivity index (χ2n) is 6.77. The zero-order chi connectivity index (χ0) is 19.9. The van der Waals surface area contributed by atoms with Crippen LogP contribution in [0.1, 0.15) is 18.4 Å². The van der Waals surface area contributed by atoms with Crippen LogP contribution >= 0.6 is 0 Å². The maximum absolute atomic E-state index is 12.1. The van der Waals surface area contributed by atoms with E-state index in [1.165, 1.54) is 5.56 Å². The van der Waals surface area contributed by atoms with Gasteiger partial charge in [0.05, 0.1) is 17.2 Å². The van der Waals surface area contributed by atoms with E-state index in [4.69, 9.17) is 0 Å². The summed E-state index contributed by atoms with van der Waals surface area (Å²) in [4.78, 5) is 21.1.